The molecule has 0 aliphatic heterocycles. The Balaban J connectivity index is 1.92. The van der Waals surface area contributed by atoms with Crippen molar-refractivity contribution in [2.75, 3.05) is 0 Å². The predicted molar refractivity (Wildman–Crippen MR) is 97.4 cm³/mol. The van der Waals surface area contributed by atoms with Gasteiger partial charge in [0.05, 0.1) is 5.69 Å². The number of carbonyl (C=O) groups excluding carboxylic acids is 1. The van der Waals surface area contributed by atoms with E-state index in [1.807, 2.05) is 64.6 Å². The molecule has 1 aromatic heterocycles. The first-order valence-corrected chi connectivity index (χ1v) is 8.41. The van der Waals surface area contributed by atoms with Gasteiger partial charge < -0.3 is 4.57 Å². The topological polar surface area (TPSA) is 46.4 Å². The lowest BCUT2D eigenvalue weighted by Gasteiger charge is -2.06. The molecule has 0 aliphatic carbocycles. The maximum Gasteiger partial charge on any atom is 0.271 e. The highest BCUT2D eigenvalue weighted by Gasteiger charge is 2.07. The predicted octanol–water partition coefficient (Wildman–Crippen LogP) is 3.65. The summed E-state index contributed by atoms with van der Waals surface area (Å²) in [6.07, 6.45) is 1.82. The normalized spacial score (nSPS) is 11.2. The summed E-state index contributed by atoms with van der Waals surface area (Å²) in [6, 6.07) is 19.1. The Morgan fingerprint density at radius 1 is 1.12 bits per heavy atom. The van der Waals surface area contributed by atoms with Crippen LogP contribution in [0, 0.1) is 0 Å². The van der Waals surface area contributed by atoms with Gasteiger partial charge in [-0.2, -0.15) is 0 Å². The van der Waals surface area contributed by atoms with Gasteiger partial charge in [-0.3, -0.25) is 4.79 Å². The second-order valence-corrected chi connectivity index (χ2v) is 5.92. The van der Waals surface area contributed by atoms with Gasteiger partial charge in [0, 0.05) is 17.5 Å². The van der Waals surface area contributed by atoms with Crippen molar-refractivity contribution in [1.82, 2.24) is 9.99 Å². The molecule has 0 aliphatic rings. The number of nitrogens with one attached hydrogen (secondary N) is 1. The van der Waals surface area contributed by atoms with Crippen LogP contribution in [0.5, 0.6) is 0 Å². The van der Waals surface area contributed by atoms with Gasteiger partial charge in [-0.25, -0.2) is 5.43 Å². The molecular weight excluding hydrogens is 318 g/mol. The minimum absolute atomic E-state index is 0.226. The standard InChI is InChI=1S/C19H17N3OS/c1-2-13-22-17(15-9-5-3-6-10-15)14-24-19(22)21-20-18(23)16-11-7-4-8-12-16/h2-12,14H,1,13H2,(H,20,23)/b21-19-. The third kappa shape index (κ3) is 3.52. The number of allylic oxidation sites excluding steroid dienone is 1. The maximum absolute atomic E-state index is 12.1. The fourth-order valence-electron chi connectivity index (χ4n) is 2.32. The highest BCUT2D eigenvalue weighted by molar-refractivity contribution is 7.07. The van der Waals surface area contributed by atoms with E-state index in [1.54, 1.807) is 12.1 Å². The molecule has 0 radical (unpaired) electrons. The van der Waals surface area contributed by atoms with E-state index in [2.05, 4.69) is 17.1 Å². The summed E-state index contributed by atoms with van der Waals surface area (Å²) in [6.45, 7) is 4.43. The van der Waals surface area contributed by atoms with E-state index in [9.17, 15) is 4.79 Å². The molecule has 1 heterocycles. The summed E-state index contributed by atoms with van der Waals surface area (Å²) in [4.78, 5) is 12.9. The number of hydrogen-bond acceptors (Lipinski definition) is 3. The van der Waals surface area contributed by atoms with E-state index in [4.69, 9.17) is 0 Å². The zero-order valence-electron chi connectivity index (χ0n) is 13.1. The van der Waals surface area contributed by atoms with Crippen molar-refractivity contribution in [3.8, 4) is 11.3 Å². The Kier molecular flexibility index (Phi) is 5.03. The molecule has 3 rings (SSSR count). The van der Waals surface area contributed by atoms with Gasteiger partial charge in [0.15, 0.2) is 0 Å². The molecule has 5 heteroatoms. The van der Waals surface area contributed by atoms with Crippen LogP contribution in [0.1, 0.15) is 10.4 Å². The first-order chi connectivity index (χ1) is 11.8. The summed E-state index contributed by atoms with van der Waals surface area (Å²) in [5, 5.41) is 6.32. The van der Waals surface area contributed by atoms with Gasteiger partial charge >= 0.3 is 0 Å². The lowest BCUT2D eigenvalue weighted by Crippen LogP contribution is -2.24. The minimum atomic E-state index is -0.226. The molecular formula is C19H17N3OS. The molecule has 0 unspecified atom stereocenters. The lowest BCUT2D eigenvalue weighted by molar-refractivity contribution is 0.0953. The van der Waals surface area contributed by atoms with Crippen molar-refractivity contribution >= 4 is 17.2 Å². The number of nitrogens with zero attached hydrogens (tertiary/aromatic N) is 2. The zero-order valence-corrected chi connectivity index (χ0v) is 13.9. The number of rotatable bonds is 5. The van der Waals surface area contributed by atoms with Gasteiger partial charge in [-0.15, -0.1) is 23.0 Å². The van der Waals surface area contributed by atoms with Crippen LogP contribution >= 0.6 is 11.3 Å². The molecule has 1 amide bonds. The molecule has 120 valence electrons. The highest BCUT2D eigenvalue weighted by Crippen LogP contribution is 2.19. The third-order valence-electron chi connectivity index (χ3n) is 3.47. The summed E-state index contributed by atoms with van der Waals surface area (Å²) >= 11 is 1.48. The van der Waals surface area contributed by atoms with Crippen molar-refractivity contribution in [3.05, 3.63) is 89.1 Å². The highest BCUT2D eigenvalue weighted by atomic mass is 32.1. The molecule has 2 aromatic carbocycles. The first kappa shape index (κ1) is 16.0. The van der Waals surface area contributed by atoms with Crippen LogP contribution in [0.25, 0.3) is 11.3 Å². The second kappa shape index (κ2) is 7.57. The number of aromatic nitrogens is 1. The van der Waals surface area contributed by atoms with Gasteiger partial charge in [0.1, 0.15) is 0 Å². The Morgan fingerprint density at radius 3 is 2.46 bits per heavy atom. The fraction of sp³-hybridized carbons (Fsp3) is 0.0526. The molecule has 0 saturated carbocycles. The lowest BCUT2D eigenvalue weighted by atomic mass is 10.2. The maximum atomic E-state index is 12.1. The van der Waals surface area contributed by atoms with Gasteiger partial charge in [-0.05, 0) is 17.7 Å². The molecule has 24 heavy (non-hydrogen) atoms. The number of carbonyl (C=O) groups is 1. The summed E-state index contributed by atoms with van der Waals surface area (Å²) in [5.41, 5.74) is 5.35. The van der Waals surface area contributed by atoms with Crippen molar-refractivity contribution in [3.63, 3.8) is 0 Å². The Bertz CT molecular complexity index is 895. The van der Waals surface area contributed by atoms with Crippen molar-refractivity contribution in [1.29, 1.82) is 0 Å². The van der Waals surface area contributed by atoms with E-state index in [1.165, 1.54) is 11.3 Å². The second-order valence-electron chi connectivity index (χ2n) is 5.09. The molecule has 0 fully saturated rings. The molecule has 0 bridgehead atoms. The Labute approximate surface area is 144 Å². The number of thiazole rings is 1. The van der Waals surface area contributed by atoms with Crippen LogP contribution in [0.2, 0.25) is 0 Å². The Hall–Kier alpha value is -2.92. The minimum Gasteiger partial charge on any atom is -0.311 e. The quantitative estimate of drug-likeness (QED) is 0.561. The zero-order chi connectivity index (χ0) is 16.8. The van der Waals surface area contributed by atoms with Crippen LogP contribution in [-0.2, 0) is 6.54 Å². The SMILES string of the molecule is C=CCn1c(-c2ccccc2)cs/c1=N\NC(=O)c1ccccc1. The number of benzene rings is 2. The smallest absolute Gasteiger partial charge is 0.271 e. The van der Waals surface area contributed by atoms with Crippen molar-refractivity contribution < 1.29 is 4.79 Å². The molecule has 0 spiro atoms. The van der Waals surface area contributed by atoms with Crippen LogP contribution in [0.15, 0.2) is 83.8 Å². The number of amides is 1. The molecule has 3 aromatic rings. The van der Waals surface area contributed by atoms with Crippen LogP contribution in [0.4, 0.5) is 0 Å². The van der Waals surface area contributed by atoms with E-state index < -0.39 is 0 Å². The number of hydrogen-bond donors (Lipinski definition) is 1. The monoisotopic (exact) mass is 335 g/mol. The van der Waals surface area contributed by atoms with E-state index >= 15 is 0 Å². The molecule has 1 N–H and O–H groups in total. The summed E-state index contributed by atoms with van der Waals surface area (Å²) in [5.74, 6) is -0.226. The average Bonchev–Trinajstić information content (AvgIpc) is 3.04. The molecule has 0 saturated heterocycles. The summed E-state index contributed by atoms with van der Waals surface area (Å²) < 4.78 is 2.03. The first-order valence-electron chi connectivity index (χ1n) is 7.53. The largest absolute Gasteiger partial charge is 0.311 e. The van der Waals surface area contributed by atoms with Crippen LogP contribution in [0.3, 0.4) is 0 Å². The van der Waals surface area contributed by atoms with E-state index in [-0.39, 0.29) is 5.91 Å². The molecule has 0 atom stereocenters. The van der Waals surface area contributed by atoms with Crippen LogP contribution in [-0.4, -0.2) is 10.5 Å². The fourth-order valence-corrected chi connectivity index (χ4v) is 3.20. The van der Waals surface area contributed by atoms with E-state index in [0.29, 0.717) is 12.1 Å². The van der Waals surface area contributed by atoms with Gasteiger partial charge in [-0.1, -0.05) is 54.6 Å². The average molecular weight is 335 g/mol. The van der Waals surface area contributed by atoms with Crippen LogP contribution < -0.4 is 10.2 Å². The van der Waals surface area contributed by atoms with E-state index in [0.717, 1.165) is 16.1 Å². The van der Waals surface area contributed by atoms with Gasteiger partial charge in [0.2, 0.25) is 4.80 Å². The van der Waals surface area contributed by atoms with Crippen molar-refractivity contribution in [2.45, 2.75) is 6.54 Å². The van der Waals surface area contributed by atoms with Gasteiger partial charge in [0.25, 0.3) is 5.91 Å². The van der Waals surface area contributed by atoms with Crippen molar-refractivity contribution in [2.24, 2.45) is 5.10 Å². The molecule has 4 nitrogen and oxygen atoms in total. The Morgan fingerprint density at radius 2 is 1.79 bits per heavy atom. The summed E-state index contributed by atoms with van der Waals surface area (Å²) in [7, 11) is 0. The third-order valence-corrected chi connectivity index (χ3v) is 4.33.